The molecule has 1 heterocycles. The molecule has 80 valence electrons. The number of thioether (sulfide) groups is 1. The molecule has 0 radical (unpaired) electrons. The molecule has 0 unspecified atom stereocenters. The number of hydrogen-bond donors (Lipinski definition) is 2. The van der Waals surface area contributed by atoms with Crippen molar-refractivity contribution in [3.63, 3.8) is 0 Å². The number of nitrogens with one attached hydrogen (secondary N) is 1. The van der Waals surface area contributed by atoms with Gasteiger partial charge in [0.25, 0.3) is 0 Å². The number of nitrogens with zero attached hydrogens (tertiary/aromatic N) is 1. The van der Waals surface area contributed by atoms with Gasteiger partial charge in [-0.25, -0.2) is 0 Å². The molecule has 1 saturated heterocycles. The highest BCUT2D eigenvalue weighted by atomic mass is 32.2. The molecule has 0 bridgehead atoms. The quantitative estimate of drug-likeness (QED) is 0.818. The predicted octanol–water partition coefficient (Wildman–Crippen LogP) is 1.70. The number of rotatable bonds is 3. The van der Waals surface area contributed by atoms with Crippen LogP contribution in [-0.2, 0) is 0 Å². The Labute approximate surface area is 93.6 Å². The molecule has 1 aliphatic heterocycles. The molecule has 1 aromatic rings. The lowest BCUT2D eigenvalue weighted by Crippen LogP contribution is -2.28. The van der Waals surface area contributed by atoms with Crippen LogP contribution in [0, 0.1) is 5.41 Å². The molecule has 0 amide bonds. The first kappa shape index (κ1) is 10.5. The summed E-state index contributed by atoms with van der Waals surface area (Å²) in [6.07, 6.45) is -0.495. The number of aliphatic hydroxyl groups excluding tert-OH is 1. The minimum Gasteiger partial charge on any atom is -0.387 e. The minimum absolute atomic E-state index is 0.495. The molecule has 1 fully saturated rings. The molecule has 0 aromatic heterocycles. The lowest BCUT2D eigenvalue weighted by molar-refractivity contribution is 0.148. The van der Waals surface area contributed by atoms with E-state index in [0.717, 1.165) is 17.9 Å². The van der Waals surface area contributed by atoms with Crippen molar-refractivity contribution in [2.45, 2.75) is 6.10 Å². The van der Waals surface area contributed by atoms with Crippen molar-refractivity contribution in [2.24, 2.45) is 0 Å². The SMILES string of the molecule is N=C1SCCN1C[C@H](O)c1ccccc1. The number of amidine groups is 1. The number of aliphatic hydroxyl groups is 1. The molecule has 2 rings (SSSR count). The first-order valence-electron chi connectivity index (χ1n) is 4.96. The van der Waals surface area contributed by atoms with E-state index < -0.39 is 6.10 Å². The molecule has 1 aliphatic rings. The zero-order valence-corrected chi connectivity index (χ0v) is 9.20. The van der Waals surface area contributed by atoms with Crippen LogP contribution >= 0.6 is 11.8 Å². The zero-order valence-electron chi connectivity index (χ0n) is 8.39. The number of benzene rings is 1. The Morgan fingerprint density at radius 3 is 2.73 bits per heavy atom. The van der Waals surface area contributed by atoms with Crippen molar-refractivity contribution in [2.75, 3.05) is 18.8 Å². The molecule has 1 atom stereocenters. The van der Waals surface area contributed by atoms with Gasteiger partial charge in [0, 0.05) is 18.8 Å². The van der Waals surface area contributed by atoms with Crippen LogP contribution in [0.25, 0.3) is 0 Å². The second-order valence-corrected chi connectivity index (χ2v) is 4.61. The molecule has 2 N–H and O–H groups in total. The first-order valence-corrected chi connectivity index (χ1v) is 5.95. The Kier molecular flexibility index (Phi) is 3.28. The summed E-state index contributed by atoms with van der Waals surface area (Å²) in [5, 5.41) is 18.2. The van der Waals surface area contributed by atoms with Gasteiger partial charge in [-0.05, 0) is 5.56 Å². The second kappa shape index (κ2) is 4.68. The van der Waals surface area contributed by atoms with Crippen LogP contribution in [0.3, 0.4) is 0 Å². The molecular formula is C11H14N2OS. The maximum Gasteiger partial charge on any atom is 0.156 e. The lowest BCUT2D eigenvalue weighted by atomic mass is 10.1. The van der Waals surface area contributed by atoms with Gasteiger partial charge in [0.05, 0.1) is 6.10 Å². The third-order valence-corrected chi connectivity index (χ3v) is 3.38. The standard InChI is InChI=1S/C11H14N2OS/c12-11-13(6-7-15-11)8-10(14)9-4-2-1-3-5-9/h1-5,10,12,14H,6-8H2/t10-/m0/s1. The highest BCUT2D eigenvalue weighted by molar-refractivity contribution is 8.14. The lowest BCUT2D eigenvalue weighted by Gasteiger charge is -2.20. The van der Waals surface area contributed by atoms with E-state index in [0.29, 0.717) is 11.7 Å². The zero-order chi connectivity index (χ0) is 10.7. The van der Waals surface area contributed by atoms with E-state index >= 15 is 0 Å². The smallest absolute Gasteiger partial charge is 0.156 e. The van der Waals surface area contributed by atoms with Crippen molar-refractivity contribution in [3.05, 3.63) is 35.9 Å². The summed E-state index contributed by atoms with van der Waals surface area (Å²) in [4.78, 5) is 1.92. The van der Waals surface area contributed by atoms with Gasteiger partial charge in [-0.15, -0.1) is 0 Å². The van der Waals surface area contributed by atoms with Gasteiger partial charge in [-0.2, -0.15) is 0 Å². The summed E-state index contributed by atoms with van der Waals surface area (Å²) >= 11 is 1.54. The Bertz CT molecular complexity index is 342. The Hall–Kier alpha value is -1.00. The molecule has 0 saturated carbocycles. The number of hydrogen-bond acceptors (Lipinski definition) is 3. The average molecular weight is 222 g/mol. The van der Waals surface area contributed by atoms with Crippen molar-refractivity contribution in [1.29, 1.82) is 5.41 Å². The van der Waals surface area contributed by atoms with E-state index in [1.54, 1.807) is 11.8 Å². The van der Waals surface area contributed by atoms with Crippen molar-refractivity contribution < 1.29 is 5.11 Å². The predicted molar refractivity (Wildman–Crippen MR) is 63.2 cm³/mol. The highest BCUT2D eigenvalue weighted by Gasteiger charge is 2.20. The van der Waals surface area contributed by atoms with Gasteiger partial charge < -0.3 is 10.0 Å². The normalized spacial score (nSPS) is 18.2. The Balaban J connectivity index is 1.98. The fourth-order valence-corrected chi connectivity index (χ4v) is 2.46. The summed E-state index contributed by atoms with van der Waals surface area (Å²) in [5.74, 6) is 0.959. The molecule has 4 heteroatoms. The van der Waals surface area contributed by atoms with Crippen LogP contribution in [0.2, 0.25) is 0 Å². The first-order chi connectivity index (χ1) is 7.27. The maximum atomic E-state index is 9.95. The fourth-order valence-electron chi connectivity index (χ4n) is 1.61. The highest BCUT2D eigenvalue weighted by Crippen LogP contribution is 2.20. The van der Waals surface area contributed by atoms with Crippen LogP contribution in [-0.4, -0.2) is 34.0 Å². The van der Waals surface area contributed by atoms with E-state index in [2.05, 4.69) is 0 Å². The summed E-state index contributed by atoms with van der Waals surface area (Å²) in [5.41, 5.74) is 0.919. The molecule has 15 heavy (non-hydrogen) atoms. The fraction of sp³-hybridized carbons (Fsp3) is 0.364. The third-order valence-electron chi connectivity index (χ3n) is 2.46. The monoisotopic (exact) mass is 222 g/mol. The number of β-amino-alcohol motifs (C(OH)–C–C–N with tert-alkyl or cyclic N) is 1. The largest absolute Gasteiger partial charge is 0.387 e. The van der Waals surface area contributed by atoms with Gasteiger partial charge in [-0.3, -0.25) is 5.41 Å². The molecule has 0 aliphatic carbocycles. The minimum atomic E-state index is -0.495. The second-order valence-electron chi connectivity index (χ2n) is 3.53. The topological polar surface area (TPSA) is 47.3 Å². The molecule has 0 spiro atoms. The van der Waals surface area contributed by atoms with Gasteiger partial charge in [-0.1, -0.05) is 42.1 Å². The van der Waals surface area contributed by atoms with Gasteiger partial charge in [0.1, 0.15) is 0 Å². The van der Waals surface area contributed by atoms with E-state index in [1.807, 2.05) is 35.2 Å². The maximum absolute atomic E-state index is 9.95. The van der Waals surface area contributed by atoms with Crippen LogP contribution in [0.4, 0.5) is 0 Å². The molecule has 1 aromatic carbocycles. The van der Waals surface area contributed by atoms with Crippen molar-refractivity contribution in [1.82, 2.24) is 4.90 Å². The summed E-state index contributed by atoms with van der Waals surface area (Å²) < 4.78 is 0. The summed E-state index contributed by atoms with van der Waals surface area (Å²) in [6.45, 7) is 1.39. The third kappa shape index (κ3) is 2.52. The van der Waals surface area contributed by atoms with Gasteiger partial charge >= 0.3 is 0 Å². The van der Waals surface area contributed by atoms with E-state index in [4.69, 9.17) is 5.41 Å². The summed E-state index contributed by atoms with van der Waals surface area (Å²) in [7, 11) is 0. The Morgan fingerprint density at radius 1 is 1.40 bits per heavy atom. The van der Waals surface area contributed by atoms with E-state index in [1.165, 1.54) is 0 Å². The van der Waals surface area contributed by atoms with Crippen molar-refractivity contribution >= 4 is 16.9 Å². The molecule has 3 nitrogen and oxygen atoms in total. The van der Waals surface area contributed by atoms with Gasteiger partial charge in [0.2, 0.25) is 0 Å². The van der Waals surface area contributed by atoms with E-state index in [-0.39, 0.29) is 0 Å². The summed E-state index contributed by atoms with van der Waals surface area (Å²) in [6, 6.07) is 9.60. The van der Waals surface area contributed by atoms with Crippen LogP contribution in [0.15, 0.2) is 30.3 Å². The molecular weight excluding hydrogens is 208 g/mol. The Morgan fingerprint density at radius 2 is 2.13 bits per heavy atom. The van der Waals surface area contributed by atoms with Crippen LogP contribution in [0.1, 0.15) is 11.7 Å². The average Bonchev–Trinajstić information content (AvgIpc) is 2.66. The van der Waals surface area contributed by atoms with Crippen LogP contribution in [0.5, 0.6) is 0 Å². The van der Waals surface area contributed by atoms with Gasteiger partial charge in [0.15, 0.2) is 5.17 Å². The van der Waals surface area contributed by atoms with Crippen LogP contribution < -0.4 is 0 Å². The van der Waals surface area contributed by atoms with Crippen molar-refractivity contribution in [3.8, 4) is 0 Å². The van der Waals surface area contributed by atoms with E-state index in [9.17, 15) is 5.11 Å².